The number of carbonyl (C=O) groups is 1. The summed E-state index contributed by atoms with van der Waals surface area (Å²) in [6.07, 6.45) is 0. The zero-order valence-electron chi connectivity index (χ0n) is 9.24. The van der Waals surface area contributed by atoms with Crippen LogP contribution in [-0.4, -0.2) is 29.6 Å². The van der Waals surface area contributed by atoms with Crippen LogP contribution in [0.25, 0.3) is 0 Å². The Bertz CT molecular complexity index is 364. The Balaban J connectivity index is 2.77. The van der Waals surface area contributed by atoms with Crippen molar-refractivity contribution in [1.29, 1.82) is 0 Å². The number of nitrogens with one attached hydrogen (secondary N) is 1. The van der Waals surface area contributed by atoms with E-state index in [2.05, 4.69) is 5.32 Å². The van der Waals surface area contributed by atoms with E-state index in [-0.39, 0.29) is 11.8 Å². The highest BCUT2D eigenvalue weighted by atomic mass is 16.3. The maximum Gasteiger partial charge on any atom is 0.321 e. The van der Waals surface area contributed by atoms with Crippen molar-refractivity contribution in [1.82, 2.24) is 4.90 Å². The number of hydrogen-bond donors (Lipinski definition) is 2. The standard InChI is InChI=1S/C11H16N2O2/c1-4-13(3)11(15)12-10-6-5-9(14)7-8(10)2/h5-7,14H,4H2,1-3H3,(H,12,15). The summed E-state index contributed by atoms with van der Waals surface area (Å²) in [5.41, 5.74) is 1.56. The van der Waals surface area contributed by atoms with Gasteiger partial charge < -0.3 is 15.3 Å². The molecule has 0 saturated heterocycles. The number of rotatable bonds is 2. The lowest BCUT2D eigenvalue weighted by molar-refractivity contribution is 0.224. The maximum absolute atomic E-state index is 11.5. The second-order valence-corrected chi connectivity index (χ2v) is 3.44. The minimum atomic E-state index is -0.147. The number of benzene rings is 1. The summed E-state index contributed by atoms with van der Waals surface area (Å²) in [5, 5.41) is 12.0. The molecule has 15 heavy (non-hydrogen) atoms. The molecule has 0 aliphatic carbocycles. The van der Waals surface area contributed by atoms with Crippen LogP contribution in [-0.2, 0) is 0 Å². The zero-order chi connectivity index (χ0) is 11.4. The van der Waals surface area contributed by atoms with E-state index >= 15 is 0 Å². The van der Waals surface area contributed by atoms with Crippen LogP contribution in [0.4, 0.5) is 10.5 Å². The summed E-state index contributed by atoms with van der Waals surface area (Å²) in [4.78, 5) is 13.1. The van der Waals surface area contributed by atoms with Crippen molar-refractivity contribution in [3.05, 3.63) is 23.8 Å². The maximum atomic E-state index is 11.5. The predicted octanol–water partition coefficient (Wildman–Crippen LogP) is 2.18. The fraction of sp³-hybridized carbons (Fsp3) is 0.364. The molecule has 0 fully saturated rings. The fourth-order valence-electron chi connectivity index (χ4n) is 1.14. The van der Waals surface area contributed by atoms with Gasteiger partial charge in [0.25, 0.3) is 0 Å². The third kappa shape index (κ3) is 2.87. The van der Waals surface area contributed by atoms with Crippen LogP contribution in [0.5, 0.6) is 5.75 Å². The van der Waals surface area contributed by atoms with Crippen molar-refractivity contribution < 1.29 is 9.90 Å². The van der Waals surface area contributed by atoms with Gasteiger partial charge in [-0.05, 0) is 37.6 Å². The Hall–Kier alpha value is -1.71. The number of carbonyl (C=O) groups excluding carboxylic acids is 1. The second-order valence-electron chi connectivity index (χ2n) is 3.44. The van der Waals surface area contributed by atoms with E-state index in [1.54, 1.807) is 30.1 Å². The number of aromatic hydroxyl groups is 1. The molecule has 4 nitrogen and oxygen atoms in total. The van der Waals surface area contributed by atoms with Crippen LogP contribution in [0, 0.1) is 6.92 Å². The first-order valence-corrected chi connectivity index (χ1v) is 4.86. The van der Waals surface area contributed by atoms with Gasteiger partial charge >= 0.3 is 6.03 Å². The third-order valence-corrected chi connectivity index (χ3v) is 2.27. The number of phenols is 1. The summed E-state index contributed by atoms with van der Waals surface area (Å²) >= 11 is 0. The molecule has 0 spiro atoms. The van der Waals surface area contributed by atoms with Gasteiger partial charge in [0, 0.05) is 19.3 Å². The Kier molecular flexibility index (Phi) is 3.55. The van der Waals surface area contributed by atoms with Crippen LogP contribution >= 0.6 is 0 Å². The zero-order valence-corrected chi connectivity index (χ0v) is 9.24. The third-order valence-electron chi connectivity index (χ3n) is 2.27. The van der Waals surface area contributed by atoms with Gasteiger partial charge in [0.1, 0.15) is 5.75 Å². The van der Waals surface area contributed by atoms with Crippen molar-refractivity contribution in [2.75, 3.05) is 18.9 Å². The van der Waals surface area contributed by atoms with E-state index < -0.39 is 0 Å². The van der Waals surface area contributed by atoms with Gasteiger partial charge in [0.2, 0.25) is 0 Å². The normalized spacial score (nSPS) is 9.80. The van der Waals surface area contributed by atoms with E-state index in [0.717, 1.165) is 11.3 Å². The summed E-state index contributed by atoms with van der Waals surface area (Å²) in [6, 6.07) is 4.70. The minimum Gasteiger partial charge on any atom is -0.508 e. The molecule has 0 aliphatic rings. The van der Waals surface area contributed by atoms with Gasteiger partial charge in [-0.2, -0.15) is 0 Å². The van der Waals surface area contributed by atoms with E-state index in [1.807, 2.05) is 13.8 Å². The highest BCUT2D eigenvalue weighted by molar-refractivity contribution is 5.90. The molecule has 4 heteroatoms. The number of hydrogen-bond acceptors (Lipinski definition) is 2. The van der Waals surface area contributed by atoms with Crippen LogP contribution in [0.15, 0.2) is 18.2 Å². The molecule has 0 aliphatic heterocycles. The smallest absolute Gasteiger partial charge is 0.321 e. The largest absolute Gasteiger partial charge is 0.508 e. The van der Waals surface area contributed by atoms with Crippen molar-refractivity contribution in [2.24, 2.45) is 0 Å². The molecule has 0 radical (unpaired) electrons. The Morgan fingerprint density at radius 2 is 2.20 bits per heavy atom. The fourth-order valence-corrected chi connectivity index (χ4v) is 1.14. The first-order valence-electron chi connectivity index (χ1n) is 4.86. The Morgan fingerprint density at radius 3 is 2.73 bits per heavy atom. The molecule has 0 aromatic heterocycles. The lowest BCUT2D eigenvalue weighted by Crippen LogP contribution is -2.31. The van der Waals surface area contributed by atoms with Crippen LogP contribution < -0.4 is 5.32 Å². The highest BCUT2D eigenvalue weighted by Crippen LogP contribution is 2.20. The average molecular weight is 208 g/mol. The molecule has 1 aromatic rings. The van der Waals surface area contributed by atoms with Crippen LogP contribution in [0.2, 0.25) is 0 Å². The number of urea groups is 1. The summed E-state index contributed by atoms with van der Waals surface area (Å²) in [5.74, 6) is 0.203. The monoisotopic (exact) mass is 208 g/mol. The molecule has 0 bridgehead atoms. The Morgan fingerprint density at radius 1 is 1.53 bits per heavy atom. The average Bonchev–Trinajstić information content (AvgIpc) is 2.20. The molecular formula is C11H16N2O2. The van der Waals surface area contributed by atoms with E-state index in [1.165, 1.54) is 0 Å². The van der Waals surface area contributed by atoms with Crippen molar-refractivity contribution in [2.45, 2.75) is 13.8 Å². The number of aryl methyl sites for hydroxylation is 1. The molecule has 1 rings (SSSR count). The lowest BCUT2D eigenvalue weighted by Gasteiger charge is -2.16. The highest BCUT2D eigenvalue weighted by Gasteiger charge is 2.07. The summed E-state index contributed by atoms with van der Waals surface area (Å²) in [7, 11) is 1.73. The molecule has 0 unspecified atom stereocenters. The molecule has 82 valence electrons. The summed E-state index contributed by atoms with van der Waals surface area (Å²) < 4.78 is 0. The van der Waals surface area contributed by atoms with Gasteiger partial charge in [-0.25, -0.2) is 4.79 Å². The Labute approximate surface area is 89.5 Å². The van der Waals surface area contributed by atoms with Gasteiger partial charge in [0.15, 0.2) is 0 Å². The predicted molar refractivity (Wildman–Crippen MR) is 60.2 cm³/mol. The molecular weight excluding hydrogens is 192 g/mol. The quantitative estimate of drug-likeness (QED) is 0.732. The van der Waals surface area contributed by atoms with Gasteiger partial charge in [0.05, 0.1) is 0 Å². The number of anilines is 1. The molecule has 0 saturated carbocycles. The first kappa shape index (κ1) is 11.4. The number of nitrogens with zero attached hydrogens (tertiary/aromatic N) is 1. The van der Waals surface area contributed by atoms with Crippen LogP contribution in [0.1, 0.15) is 12.5 Å². The van der Waals surface area contributed by atoms with Crippen molar-refractivity contribution in [3.63, 3.8) is 0 Å². The number of amides is 2. The van der Waals surface area contributed by atoms with E-state index in [0.29, 0.717) is 6.54 Å². The molecule has 2 N–H and O–H groups in total. The topological polar surface area (TPSA) is 52.6 Å². The van der Waals surface area contributed by atoms with Gasteiger partial charge in [-0.3, -0.25) is 0 Å². The lowest BCUT2D eigenvalue weighted by atomic mass is 10.2. The molecule has 0 atom stereocenters. The van der Waals surface area contributed by atoms with Crippen molar-refractivity contribution >= 4 is 11.7 Å². The second kappa shape index (κ2) is 4.68. The van der Waals surface area contributed by atoms with Crippen LogP contribution in [0.3, 0.4) is 0 Å². The minimum absolute atomic E-state index is 0.147. The molecule has 0 heterocycles. The molecule has 2 amide bonds. The summed E-state index contributed by atoms with van der Waals surface area (Å²) in [6.45, 7) is 4.40. The van der Waals surface area contributed by atoms with Gasteiger partial charge in [-0.15, -0.1) is 0 Å². The SMILES string of the molecule is CCN(C)C(=O)Nc1ccc(O)cc1C. The molecule has 1 aromatic carbocycles. The van der Waals surface area contributed by atoms with Gasteiger partial charge in [-0.1, -0.05) is 0 Å². The first-order chi connectivity index (χ1) is 7.04. The van der Waals surface area contributed by atoms with E-state index in [4.69, 9.17) is 0 Å². The van der Waals surface area contributed by atoms with Crippen molar-refractivity contribution in [3.8, 4) is 5.75 Å². The van der Waals surface area contributed by atoms with E-state index in [9.17, 15) is 9.90 Å². The number of phenolic OH excluding ortho intramolecular Hbond substituents is 1.